The molecule has 7 nitrogen and oxygen atoms in total. The molecule has 1 amide bonds. The topological polar surface area (TPSA) is 80.5 Å². The Balaban J connectivity index is 1.81. The standard InChI is InChI=1S/C18H18FN5O2/c1-10-7-17(25)22-14-9-20-24-6-5-16(23-18(14)24)21-11(2)13-8-12(19)3-4-15(13)26-10/h3-6,8-11H,7H2,1-2H3,(H,21,23)(H,22,25)/t10-,11-/m0/s1. The summed E-state index contributed by atoms with van der Waals surface area (Å²) in [5.41, 5.74) is 1.72. The number of nitrogens with one attached hydrogen (secondary N) is 2. The fourth-order valence-corrected chi connectivity index (χ4v) is 3.02. The van der Waals surface area contributed by atoms with Gasteiger partial charge in [0.2, 0.25) is 5.91 Å². The number of carbonyl (C=O) groups excluding carboxylic acids is 1. The first kappa shape index (κ1) is 16.3. The molecular formula is C18H18FN5O2. The van der Waals surface area contributed by atoms with Gasteiger partial charge in [-0.1, -0.05) is 0 Å². The van der Waals surface area contributed by atoms with Gasteiger partial charge in [-0.15, -0.1) is 0 Å². The van der Waals surface area contributed by atoms with Gasteiger partial charge in [-0.25, -0.2) is 13.9 Å². The van der Waals surface area contributed by atoms with Crippen molar-refractivity contribution in [3.05, 3.63) is 48.0 Å². The molecule has 1 aliphatic heterocycles. The lowest BCUT2D eigenvalue weighted by atomic mass is 10.1. The van der Waals surface area contributed by atoms with Crippen LogP contribution in [0.15, 0.2) is 36.7 Å². The average molecular weight is 355 g/mol. The maximum Gasteiger partial charge on any atom is 0.228 e. The molecule has 2 bridgehead atoms. The van der Waals surface area contributed by atoms with Gasteiger partial charge in [0.05, 0.1) is 18.7 Å². The number of ether oxygens (including phenoxy) is 1. The molecule has 2 atom stereocenters. The predicted molar refractivity (Wildman–Crippen MR) is 94.8 cm³/mol. The molecule has 1 aromatic carbocycles. The van der Waals surface area contributed by atoms with Crippen molar-refractivity contribution in [1.82, 2.24) is 14.6 Å². The number of hydrogen-bond donors (Lipinski definition) is 2. The van der Waals surface area contributed by atoms with Gasteiger partial charge in [-0.05, 0) is 38.1 Å². The van der Waals surface area contributed by atoms with Crippen molar-refractivity contribution in [3.63, 3.8) is 0 Å². The lowest BCUT2D eigenvalue weighted by Crippen LogP contribution is -2.22. The van der Waals surface area contributed by atoms with Crippen LogP contribution in [-0.4, -0.2) is 26.6 Å². The number of anilines is 2. The van der Waals surface area contributed by atoms with Gasteiger partial charge in [-0.2, -0.15) is 5.10 Å². The molecule has 134 valence electrons. The molecular weight excluding hydrogens is 337 g/mol. The second-order valence-electron chi connectivity index (χ2n) is 6.37. The first-order valence-corrected chi connectivity index (χ1v) is 8.36. The fourth-order valence-electron chi connectivity index (χ4n) is 3.02. The SMILES string of the molecule is C[C@@H]1Nc2ccn3ncc(c3n2)NC(=O)C[C@H](C)Oc2ccc(F)cc21. The van der Waals surface area contributed by atoms with E-state index in [0.29, 0.717) is 28.5 Å². The summed E-state index contributed by atoms with van der Waals surface area (Å²) in [4.78, 5) is 16.8. The van der Waals surface area contributed by atoms with Gasteiger partial charge >= 0.3 is 0 Å². The molecule has 3 heterocycles. The number of amides is 1. The van der Waals surface area contributed by atoms with E-state index in [4.69, 9.17) is 4.74 Å². The monoisotopic (exact) mass is 355 g/mol. The van der Waals surface area contributed by atoms with Crippen molar-refractivity contribution in [3.8, 4) is 5.75 Å². The molecule has 8 heteroatoms. The van der Waals surface area contributed by atoms with Crippen LogP contribution < -0.4 is 15.4 Å². The van der Waals surface area contributed by atoms with Gasteiger partial charge in [0.15, 0.2) is 5.65 Å². The van der Waals surface area contributed by atoms with E-state index in [-0.39, 0.29) is 30.3 Å². The molecule has 0 fully saturated rings. The molecule has 1 aliphatic rings. The molecule has 2 N–H and O–H groups in total. The van der Waals surface area contributed by atoms with Crippen LogP contribution in [-0.2, 0) is 4.79 Å². The summed E-state index contributed by atoms with van der Waals surface area (Å²) in [7, 11) is 0. The molecule has 0 unspecified atom stereocenters. The third-order valence-electron chi connectivity index (χ3n) is 4.25. The third kappa shape index (κ3) is 3.05. The Morgan fingerprint density at radius 2 is 2.15 bits per heavy atom. The van der Waals surface area contributed by atoms with E-state index in [1.807, 2.05) is 6.92 Å². The van der Waals surface area contributed by atoms with E-state index in [0.717, 1.165) is 0 Å². The zero-order chi connectivity index (χ0) is 18.3. The van der Waals surface area contributed by atoms with Crippen LogP contribution in [0.1, 0.15) is 31.9 Å². The molecule has 0 aliphatic carbocycles. The predicted octanol–water partition coefficient (Wildman–Crippen LogP) is 3.15. The largest absolute Gasteiger partial charge is 0.490 e. The molecule has 0 saturated heterocycles. The van der Waals surface area contributed by atoms with Crippen LogP contribution in [0.25, 0.3) is 5.65 Å². The van der Waals surface area contributed by atoms with Crippen molar-refractivity contribution in [1.29, 1.82) is 0 Å². The zero-order valence-electron chi connectivity index (χ0n) is 14.4. The van der Waals surface area contributed by atoms with Gasteiger partial charge in [-0.3, -0.25) is 4.79 Å². The van der Waals surface area contributed by atoms with Crippen LogP contribution in [0, 0.1) is 5.82 Å². The molecule has 0 spiro atoms. The number of halogens is 1. The van der Waals surface area contributed by atoms with Gasteiger partial charge in [0.25, 0.3) is 0 Å². The second kappa shape index (κ2) is 6.29. The maximum atomic E-state index is 13.8. The summed E-state index contributed by atoms with van der Waals surface area (Å²) in [6, 6.07) is 5.88. The number of fused-ring (bicyclic) bond motifs is 2. The molecule has 0 radical (unpaired) electrons. The summed E-state index contributed by atoms with van der Waals surface area (Å²) >= 11 is 0. The van der Waals surface area contributed by atoms with E-state index < -0.39 is 0 Å². The Kier molecular flexibility index (Phi) is 3.95. The fraction of sp³-hybridized carbons (Fsp3) is 0.278. The highest BCUT2D eigenvalue weighted by Gasteiger charge is 2.20. The van der Waals surface area contributed by atoms with Crippen molar-refractivity contribution in [2.75, 3.05) is 10.6 Å². The van der Waals surface area contributed by atoms with E-state index >= 15 is 0 Å². The first-order valence-electron chi connectivity index (χ1n) is 8.36. The van der Waals surface area contributed by atoms with Crippen molar-refractivity contribution in [2.24, 2.45) is 0 Å². The summed E-state index contributed by atoms with van der Waals surface area (Å²) in [6.07, 6.45) is 3.07. The molecule has 26 heavy (non-hydrogen) atoms. The molecule has 0 saturated carbocycles. The zero-order valence-corrected chi connectivity index (χ0v) is 14.4. The van der Waals surface area contributed by atoms with Crippen molar-refractivity contribution < 1.29 is 13.9 Å². The summed E-state index contributed by atoms with van der Waals surface area (Å²) in [5.74, 6) is 0.569. The highest BCUT2D eigenvalue weighted by atomic mass is 19.1. The van der Waals surface area contributed by atoms with Gasteiger partial charge in [0.1, 0.15) is 29.2 Å². The van der Waals surface area contributed by atoms with Gasteiger partial charge < -0.3 is 15.4 Å². The van der Waals surface area contributed by atoms with Crippen molar-refractivity contribution >= 4 is 23.1 Å². The number of nitrogens with zero attached hydrogens (tertiary/aromatic N) is 3. The summed E-state index contributed by atoms with van der Waals surface area (Å²) in [6.45, 7) is 3.70. The maximum absolute atomic E-state index is 13.8. The molecule has 2 aromatic heterocycles. The van der Waals surface area contributed by atoms with Crippen LogP contribution in [0.2, 0.25) is 0 Å². The normalized spacial score (nSPS) is 20.2. The highest BCUT2D eigenvalue weighted by molar-refractivity contribution is 5.94. The number of carbonyl (C=O) groups is 1. The number of aromatic nitrogens is 3. The van der Waals surface area contributed by atoms with Crippen LogP contribution >= 0.6 is 0 Å². The Bertz CT molecular complexity index is 987. The average Bonchev–Trinajstić information content (AvgIpc) is 2.98. The Hall–Kier alpha value is -3.16. The molecule has 4 rings (SSSR count). The minimum atomic E-state index is -0.380. The number of rotatable bonds is 0. The van der Waals surface area contributed by atoms with Crippen molar-refractivity contribution in [2.45, 2.75) is 32.4 Å². The Morgan fingerprint density at radius 3 is 3.00 bits per heavy atom. The van der Waals surface area contributed by atoms with Crippen LogP contribution in [0.3, 0.4) is 0 Å². The number of benzene rings is 1. The van der Waals surface area contributed by atoms with E-state index in [1.165, 1.54) is 12.1 Å². The Labute approximate surface area is 149 Å². The summed E-state index contributed by atoms with van der Waals surface area (Å²) in [5, 5.41) is 10.3. The minimum absolute atomic E-state index is 0.148. The van der Waals surface area contributed by atoms with Gasteiger partial charge in [0, 0.05) is 11.8 Å². The lowest BCUT2D eigenvalue weighted by Gasteiger charge is -2.21. The first-order chi connectivity index (χ1) is 12.5. The van der Waals surface area contributed by atoms with E-state index in [9.17, 15) is 9.18 Å². The molecule has 3 aromatic rings. The highest BCUT2D eigenvalue weighted by Crippen LogP contribution is 2.30. The van der Waals surface area contributed by atoms with E-state index in [2.05, 4.69) is 20.7 Å². The van der Waals surface area contributed by atoms with E-state index in [1.54, 1.807) is 36.0 Å². The third-order valence-corrected chi connectivity index (χ3v) is 4.25. The Morgan fingerprint density at radius 1 is 1.31 bits per heavy atom. The van der Waals surface area contributed by atoms with Crippen LogP contribution in [0.5, 0.6) is 5.75 Å². The summed E-state index contributed by atoms with van der Waals surface area (Å²) < 4.78 is 21.3. The second-order valence-corrected chi connectivity index (χ2v) is 6.37. The number of hydrogen-bond acceptors (Lipinski definition) is 5. The smallest absolute Gasteiger partial charge is 0.228 e. The lowest BCUT2D eigenvalue weighted by molar-refractivity contribution is -0.117. The minimum Gasteiger partial charge on any atom is -0.490 e. The quantitative estimate of drug-likeness (QED) is 0.647. The van der Waals surface area contributed by atoms with Crippen LogP contribution in [0.4, 0.5) is 15.9 Å².